The molecule has 11 nitrogen and oxygen atoms in total. The molecule has 1 aromatic carbocycles. The van der Waals surface area contributed by atoms with Gasteiger partial charge in [0.05, 0.1) is 80.3 Å². The lowest BCUT2D eigenvalue weighted by Crippen LogP contribution is -2.34. The summed E-state index contributed by atoms with van der Waals surface area (Å²) in [5, 5.41) is 25.1. The Labute approximate surface area is 209 Å². The summed E-state index contributed by atoms with van der Waals surface area (Å²) >= 11 is 0. The van der Waals surface area contributed by atoms with Gasteiger partial charge in [-0.25, -0.2) is 0 Å². The first-order valence-corrected chi connectivity index (χ1v) is 11.9. The van der Waals surface area contributed by atoms with E-state index in [1.165, 1.54) is 0 Å². The van der Waals surface area contributed by atoms with Gasteiger partial charge in [0.15, 0.2) is 11.5 Å². The average molecular weight is 508 g/mol. The Hall–Kier alpha value is -1.70. The van der Waals surface area contributed by atoms with Crippen LogP contribution in [0, 0.1) is 0 Å². The minimum absolute atomic E-state index is 0.0141. The standard InChI is InChI=1S/C22H39NO9.C2H6O/c1-26-20-4-3-5-21(27-2)22(20)32-19-18-31-17-16-30-13-8-23(6-11-28-14-9-24)7-12-29-15-10-25;1-2-3/h3-5,24-25H,6-19H2,1-2H3;3H,2H2,1H3. The third-order valence-corrected chi connectivity index (χ3v) is 4.36. The third-order valence-electron chi connectivity index (χ3n) is 4.36. The van der Waals surface area contributed by atoms with Crippen LogP contribution in [0.5, 0.6) is 17.2 Å². The highest BCUT2D eigenvalue weighted by Crippen LogP contribution is 2.36. The summed E-state index contributed by atoms with van der Waals surface area (Å²) in [5.74, 6) is 1.78. The fraction of sp³-hybridized carbons (Fsp3) is 0.750. The van der Waals surface area contributed by atoms with Gasteiger partial charge in [0.2, 0.25) is 5.75 Å². The van der Waals surface area contributed by atoms with Crippen LogP contribution in [0.2, 0.25) is 0 Å². The number of methoxy groups -OCH3 is 2. The van der Waals surface area contributed by atoms with Crippen LogP contribution in [0.3, 0.4) is 0 Å². The van der Waals surface area contributed by atoms with E-state index in [4.69, 9.17) is 48.5 Å². The first-order valence-electron chi connectivity index (χ1n) is 11.9. The fourth-order valence-electron chi connectivity index (χ4n) is 2.73. The van der Waals surface area contributed by atoms with E-state index < -0.39 is 0 Å². The zero-order valence-electron chi connectivity index (χ0n) is 21.5. The summed E-state index contributed by atoms with van der Waals surface area (Å²) in [5.41, 5.74) is 0. The second-order valence-electron chi connectivity index (χ2n) is 6.89. The molecule has 0 saturated carbocycles. The molecule has 0 bridgehead atoms. The molecule has 0 aromatic heterocycles. The zero-order chi connectivity index (χ0) is 26.0. The molecule has 0 unspecified atom stereocenters. The maximum absolute atomic E-state index is 8.78. The molecular weight excluding hydrogens is 462 g/mol. The van der Waals surface area contributed by atoms with Crippen molar-refractivity contribution < 1.29 is 48.5 Å². The van der Waals surface area contributed by atoms with Crippen molar-refractivity contribution in [3.05, 3.63) is 18.2 Å². The molecule has 3 N–H and O–H groups in total. The number of aliphatic hydroxyl groups is 3. The molecule has 206 valence electrons. The summed E-state index contributed by atoms with van der Waals surface area (Å²) in [6.07, 6.45) is 0. The highest BCUT2D eigenvalue weighted by atomic mass is 16.6. The molecular formula is C24H45NO10. The number of hydrogen-bond acceptors (Lipinski definition) is 11. The Morgan fingerprint density at radius 1 is 0.629 bits per heavy atom. The van der Waals surface area contributed by atoms with E-state index in [0.29, 0.717) is 89.8 Å². The summed E-state index contributed by atoms with van der Waals surface area (Å²) in [6.45, 7) is 8.11. The zero-order valence-corrected chi connectivity index (χ0v) is 21.5. The number of rotatable bonds is 22. The van der Waals surface area contributed by atoms with Gasteiger partial charge in [0.1, 0.15) is 6.61 Å². The topological polar surface area (TPSA) is 129 Å². The molecule has 1 aromatic rings. The maximum atomic E-state index is 8.78. The number of ether oxygens (including phenoxy) is 7. The van der Waals surface area contributed by atoms with Crippen LogP contribution in [0.1, 0.15) is 6.92 Å². The van der Waals surface area contributed by atoms with E-state index >= 15 is 0 Å². The average Bonchev–Trinajstić information content (AvgIpc) is 2.87. The van der Waals surface area contributed by atoms with Crippen LogP contribution in [0.15, 0.2) is 18.2 Å². The molecule has 0 radical (unpaired) electrons. The lowest BCUT2D eigenvalue weighted by atomic mass is 10.3. The lowest BCUT2D eigenvalue weighted by Gasteiger charge is -2.22. The first-order chi connectivity index (χ1) is 17.2. The van der Waals surface area contributed by atoms with Crippen LogP contribution in [0.25, 0.3) is 0 Å². The van der Waals surface area contributed by atoms with Gasteiger partial charge in [-0.15, -0.1) is 0 Å². The molecule has 0 atom stereocenters. The molecule has 0 saturated heterocycles. The van der Waals surface area contributed by atoms with Crippen LogP contribution >= 0.6 is 0 Å². The van der Waals surface area contributed by atoms with Gasteiger partial charge in [0.25, 0.3) is 0 Å². The molecule has 0 aliphatic rings. The van der Waals surface area contributed by atoms with Gasteiger partial charge in [-0.1, -0.05) is 6.07 Å². The van der Waals surface area contributed by atoms with E-state index in [9.17, 15) is 0 Å². The van der Waals surface area contributed by atoms with Gasteiger partial charge in [0, 0.05) is 26.2 Å². The minimum atomic E-state index is 0.0141. The van der Waals surface area contributed by atoms with Crippen LogP contribution in [-0.4, -0.2) is 133 Å². The lowest BCUT2D eigenvalue weighted by molar-refractivity contribution is 0.0166. The molecule has 0 aliphatic carbocycles. The molecule has 0 fully saturated rings. The van der Waals surface area contributed by atoms with Crippen molar-refractivity contribution in [3.8, 4) is 17.2 Å². The Morgan fingerprint density at radius 3 is 1.46 bits per heavy atom. The number of para-hydroxylation sites is 1. The Bertz CT molecular complexity index is 545. The monoisotopic (exact) mass is 507 g/mol. The summed E-state index contributed by atoms with van der Waals surface area (Å²) in [6, 6.07) is 5.46. The smallest absolute Gasteiger partial charge is 0.203 e. The number of aliphatic hydroxyl groups excluding tert-OH is 3. The second kappa shape index (κ2) is 25.4. The number of nitrogens with zero attached hydrogens (tertiary/aromatic N) is 1. The molecule has 1 rings (SSSR count). The van der Waals surface area contributed by atoms with Crippen LogP contribution in [-0.2, 0) is 18.9 Å². The number of hydrogen-bond donors (Lipinski definition) is 3. The largest absolute Gasteiger partial charge is 0.493 e. The maximum Gasteiger partial charge on any atom is 0.203 e. The third kappa shape index (κ3) is 18.3. The molecule has 0 aliphatic heterocycles. The predicted molar refractivity (Wildman–Crippen MR) is 132 cm³/mol. The van der Waals surface area contributed by atoms with Gasteiger partial charge in [-0.2, -0.15) is 0 Å². The summed E-state index contributed by atoms with van der Waals surface area (Å²) in [7, 11) is 3.17. The minimum Gasteiger partial charge on any atom is -0.493 e. The molecule has 11 heteroatoms. The normalized spacial score (nSPS) is 10.7. The Kier molecular flexibility index (Phi) is 24.2. The molecule has 0 amide bonds. The highest BCUT2D eigenvalue weighted by Gasteiger charge is 2.11. The van der Waals surface area contributed by atoms with E-state index in [2.05, 4.69) is 4.90 Å². The van der Waals surface area contributed by atoms with Crippen molar-refractivity contribution in [1.82, 2.24) is 4.90 Å². The van der Waals surface area contributed by atoms with E-state index in [1.807, 2.05) is 18.2 Å². The van der Waals surface area contributed by atoms with E-state index in [0.717, 1.165) is 6.54 Å². The molecule has 35 heavy (non-hydrogen) atoms. The SMILES string of the molecule is CCO.COc1cccc(OC)c1OCCOCCOCCN(CCOCCO)CCOCCO. The van der Waals surface area contributed by atoms with E-state index in [-0.39, 0.29) is 19.8 Å². The van der Waals surface area contributed by atoms with Crippen LogP contribution < -0.4 is 14.2 Å². The Balaban J connectivity index is 0.00000365. The quantitative estimate of drug-likeness (QED) is 0.189. The summed E-state index contributed by atoms with van der Waals surface area (Å²) in [4.78, 5) is 2.16. The van der Waals surface area contributed by atoms with Crippen LogP contribution in [0.4, 0.5) is 0 Å². The fourth-order valence-corrected chi connectivity index (χ4v) is 2.73. The summed E-state index contributed by atoms with van der Waals surface area (Å²) < 4.78 is 38.2. The Morgan fingerprint density at radius 2 is 1.03 bits per heavy atom. The predicted octanol–water partition coefficient (Wildman–Crippen LogP) is 0.434. The van der Waals surface area contributed by atoms with Crippen molar-refractivity contribution >= 4 is 0 Å². The van der Waals surface area contributed by atoms with E-state index in [1.54, 1.807) is 21.1 Å². The van der Waals surface area contributed by atoms with Gasteiger partial charge >= 0.3 is 0 Å². The molecule has 0 heterocycles. The van der Waals surface area contributed by atoms with Crippen molar-refractivity contribution in [1.29, 1.82) is 0 Å². The first kappa shape index (κ1) is 33.3. The second-order valence-corrected chi connectivity index (χ2v) is 6.89. The highest BCUT2D eigenvalue weighted by molar-refractivity contribution is 5.51. The van der Waals surface area contributed by atoms with Crippen molar-refractivity contribution in [2.75, 3.05) is 113 Å². The van der Waals surface area contributed by atoms with Crippen molar-refractivity contribution in [2.45, 2.75) is 6.92 Å². The molecule has 0 spiro atoms. The van der Waals surface area contributed by atoms with Gasteiger partial charge in [-0.3, -0.25) is 4.90 Å². The number of benzene rings is 1. The van der Waals surface area contributed by atoms with Gasteiger partial charge in [-0.05, 0) is 19.1 Å². The van der Waals surface area contributed by atoms with Crippen molar-refractivity contribution in [2.24, 2.45) is 0 Å². The van der Waals surface area contributed by atoms with Crippen molar-refractivity contribution in [3.63, 3.8) is 0 Å². The van der Waals surface area contributed by atoms with Gasteiger partial charge < -0.3 is 48.5 Å².